The quantitative estimate of drug-likeness (QED) is 0.381. The van der Waals surface area contributed by atoms with Gasteiger partial charge in [-0.2, -0.15) is 0 Å². The summed E-state index contributed by atoms with van der Waals surface area (Å²) < 4.78 is 0. The Kier molecular flexibility index (Phi) is 4.43. The molecule has 5 heteroatoms. The van der Waals surface area contributed by atoms with E-state index in [9.17, 15) is 0 Å². The SMILES string of the molecule is CC1CC(C)C(C)N(c2ccc(/C(N)=N/O)cc2Cl)C1. The van der Waals surface area contributed by atoms with E-state index in [0.29, 0.717) is 28.5 Å². The normalized spacial score (nSPS) is 27.7. The summed E-state index contributed by atoms with van der Waals surface area (Å²) in [5.41, 5.74) is 7.24. The van der Waals surface area contributed by atoms with Gasteiger partial charge in [-0.25, -0.2) is 0 Å². The van der Waals surface area contributed by atoms with Crippen LogP contribution in [0.3, 0.4) is 0 Å². The van der Waals surface area contributed by atoms with Gasteiger partial charge in [0.2, 0.25) is 0 Å². The molecular weight excluding hydrogens is 274 g/mol. The van der Waals surface area contributed by atoms with Crippen LogP contribution in [-0.4, -0.2) is 23.6 Å². The summed E-state index contributed by atoms with van der Waals surface area (Å²) >= 11 is 6.39. The van der Waals surface area contributed by atoms with Crippen LogP contribution in [0.4, 0.5) is 5.69 Å². The molecule has 0 spiro atoms. The number of rotatable bonds is 2. The highest BCUT2D eigenvalue weighted by molar-refractivity contribution is 6.33. The summed E-state index contributed by atoms with van der Waals surface area (Å²) in [5.74, 6) is 1.37. The molecule has 4 nitrogen and oxygen atoms in total. The molecule has 20 heavy (non-hydrogen) atoms. The number of halogens is 1. The molecule has 1 fully saturated rings. The average Bonchev–Trinajstić information content (AvgIpc) is 2.42. The van der Waals surface area contributed by atoms with E-state index >= 15 is 0 Å². The Balaban J connectivity index is 2.33. The van der Waals surface area contributed by atoms with Crippen LogP contribution in [0.2, 0.25) is 5.02 Å². The fraction of sp³-hybridized carbons (Fsp3) is 0.533. The first-order valence-electron chi connectivity index (χ1n) is 6.98. The number of hydrogen-bond acceptors (Lipinski definition) is 3. The van der Waals surface area contributed by atoms with Crippen LogP contribution in [0.15, 0.2) is 23.4 Å². The van der Waals surface area contributed by atoms with Crippen LogP contribution in [0.1, 0.15) is 32.8 Å². The lowest BCUT2D eigenvalue weighted by Crippen LogP contribution is -2.46. The summed E-state index contributed by atoms with van der Waals surface area (Å²) in [5, 5.41) is 12.4. The molecule has 0 aromatic heterocycles. The molecule has 2 rings (SSSR count). The van der Waals surface area contributed by atoms with Crippen LogP contribution < -0.4 is 10.6 Å². The first-order chi connectivity index (χ1) is 9.43. The van der Waals surface area contributed by atoms with E-state index in [1.165, 1.54) is 6.42 Å². The number of anilines is 1. The highest BCUT2D eigenvalue weighted by atomic mass is 35.5. The minimum atomic E-state index is 0.0758. The second-order valence-electron chi connectivity index (χ2n) is 5.86. The second-order valence-corrected chi connectivity index (χ2v) is 6.27. The van der Waals surface area contributed by atoms with Crippen molar-refractivity contribution in [2.24, 2.45) is 22.7 Å². The topological polar surface area (TPSA) is 61.8 Å². The lowest BCUT2D eigenvalue weighted by Gasteiger charge is -2.43. The van der Waals surface area contributed by atoms with Crippen molar-refractivity contribution < 1.29 is 5.21 Å². The second kappa shape index (κ2) is 5.92. The number of oxime groups is 1. The van der Waals surface area contributed by atoms with Crippen molar-refractivity contribution in [3.8, 4) is 0 Å². The van der Waals surface area contributed by atoms with E-state index < -0.39 is 0 Å². The Hall–Kier alpha value is -1.42. The number of piperidine rings is 1. The molecule has 3 unspecified atom stereocenters. The van der Waals surface area contributed by atoms with Crippen molar-refractivity contribution in [1.82, 2.24) is 0 Å². The van der Waals surface area contributed by atoms with Gasteiger partial charge in [-0.05, 0) is 43.4 Å². The highest BCUT2D eigenvalue weighted by Crippen LogP contribution is 2.35. The molecule has 0 bridgehead atoms. The van der Waals surface area contributed by atoms with Gasteiger partial charge >= 0.3 is 0 Å². The van der Waals surface area contributed by atoms with E-state index in [2.05, 4.69) is 30.8 Å². The lowest BCUT2D eigenvalue weighted by molar-refractivity contribution is 0.297. The summed E-state index contributed by atoms with van der Waals surface area (Å²) in [6.45, 7) is 7.80. The van der Waals surface area contributed by atoms with Crippen molar-refractivity contribution in [3.63, 3.8) is 0 Å². The fourth-order valence-electron chi connectivity index (χ4n) is 2.99. The largest absolute Gasteiger partial charge is 0.409 e. The van der Waals surface area contributed by atoms with Crippen LogP contribution in [0, 0.1) is 11.8 Å². The Morgan fingerprint density at radius 1 is 1.40 bits per heavy atom. The third-order valence-corrected chi connectivity index (χ3v) is 4.56. The van der Waals surface area contributed by atoms with Gasteiger partial charge in [0.05, 0.1) is 10.7 Å². The van der Waals surface area contributed by atoms with Crippen LogP contribution in [0.5, 0.6) is 0 Å². The van der Waals surface area contributed by atoms with Crippen molar-refractivity contribution in [3.05, 3.63) is 28.8 Å². The molecule has 0 aliphatic carbocycles. The number of nitrogens with zero attached hydrogens (tertiary/aromatic N) is 2. The first-order valence-corrected chi connectivity index (χ1v) is 7.36. The van der Waals surface area contributed by atoms with Gasteiger partial charge in [0.1, 0.15) is 0 Å². The van der Waals surface area contributed by atoms with Crippen LogP contribution >= 0.6 is 11.6 Å². The van der Waals surface area contributed by atoms with Gasteiger partial charge in [0.25, 0.3) is 0 Å². The van der Waals surface area contributed by atoms with Gasteiger partial charge in [0, 0.05) is 18.2 Å². The highest BCUT2D eigenvalue weighted by Gasteiger charge is 2.29. The maximum Gasteiger partial charge on any atom is 0.170 e. The van der Waals surface area contributed by atoms with Gasteiger partial charge in [0.15, 0.2) is 5.84 Å². The Morgan fingerprint density at radius 3 is 2.70 bits per heavy atom. The first kappa shape index (κ1) is 15.0. The molecule has 3 atom stereocenters. The summed E-state index contributed by atoms with van der Waals surface area (Å²) in [4.78, 5) is 2.36. The number of hydrogen-bond donors (Lipinski definition) is 2. The van der Waals surface area contributed by atoms with Crippen molar-refractivity contribution >= 4 is 23.1 Å². The maximum absolute atomic E-state index is 8.72. The van der Waals surface area contributed by atoms with E-state index in [-0.39, 0.29) is 5.84 Å². The predicted molar refractivity (Wildman–Crippen MR) is 83.7 cm³/mol. The van der Waals surface area contributed by atoms with E-state index in [1.54, 1.807) is 6.07 Å². The minimum Gasteiger partial charge on any atom is -0.409 e. The molecule has 1 aromatic carbocycles. The molecule has 0 amide bonds. The van der Waals surface area contributed by atoms with Crippen LogP contribution in [-0.2, 0) is 0 Å². The van der Waals surface area contributed by atoms with Gasteiger partial charge in [-0.15, -0.1) is 0 Å². The molecular formula is C15H22ClN3O. The van der Waals surface area contributed by atoms with E-state index in [1.807, 2.05) is 12.1 Å². The number of benzene rings is 1. The molecule has 110 valence electrons. The summed E-state index contributed by atoms with van der Waals surface area (Å²) in [7, 11) is 0. The van der Waals surface area contributed by atoms with E-state index in [4.69, 9.17) is 22.5 Å². The summed E-state index contributed by atoms with van der Waals surface area (Å²) in [6, 6.07) is 6.00. The average molecular weight is 296 g/mol. The van der Waals surface area contributed by atoms with Gasteiger partial charge < -0.3 is 15.8 Å². The monoisotopic (exact) mass is 295 g/mol. The number of amidine groups is 1. The maximum atomic E-state index is 8.72. The summed E-state index contributed by atoms with van der Waals surface area (Å²) in [6.07, 6.45) is 1.25. The van der Waals surface area contributed by atoms with Crippen LogP contribution in [0.25, 0.3) is 0 Å². The van der Waals surface area contributed by atoms with Crippen molar-refractivity contribution in [2.45, 2.75) is 33.2 Å². The number of nitrogens with two attached hydrogens (primary N) is 1. The Bertz CT molecular complexity index is 518. The molecule has 0 saturated carbocycles. The van der Waals surface area contributed by atoms with Crippen molar-refractivity contribution in [1.29, 1.82) is 0 Å². The van der Waals surface area contributed by atoms with Gasteiger partial charge in [-0.1, -0.05) is 30.6 Å². The lowest BCUT2D eigenvalue weighted by atomic mass is 9.85. The molecule has 1 saturated heterocycles. The molecule has 3 N–H and O–H groups in total. The smallest absolute Gasteiger partial charge is 0.170 e. The molecule has 1 aliphatic heterocycles. The molecule has 1 heterocycles. The van der Waals surface area contributed by atoms with Crippen molar-refractivity contribution in [2.75, 3.05) is 11.4 Å². The predicted octanol–water partition coefficient (Wildman–Crippen LogP) is 3.31. The Morgan fingerprint density at radius 2 is 2.10 bits per heavy atom. The molecule has 1 aliphatic rings. The molecule has 1 aromatic rings. The zero-order chi connectivity index (χ0) is 14.9. The fourth-order valence-corrected chi connectivity index (χ4v) is 3.28. The third-order valence-electron chi connectivity index (χ3n) is 4.26. The minimum absolute atomic E-state index is 0.0758. The van der Waals surface area contributed by atoms with E-state index in [0.717, 1.165) is 12.2 Å². The third kappa shape index (κ3) is 2.85. The Labute approximate surface area is 125 Å². The zero-order valence-corrected chi connectivity index (χ0v) is 12.9. The zero-order valence-electron chi connectivity index (χ0n) is 12.2. The molecule has 0 radical (unpaired) electrons. The standard InChI is InChI=1S/C15H22ClN3O/c1-9-6-10(2)11(3)19(8-9)14-5-4-12(7-13(14)16)15(17)18-20/h4-5,7,9-11,20H,6,8H2,1-3H3,(H2,17,18). The van der Waals surface area contributed by atoms with Gasteiger partial charge in [-0.3, -0.25) is 0 Å².